The fraction of sp³-hybridized carbons (Fsp3) is 0.278. The van der Waals surface area contributed by atoms with E-state index in [1.54, 1.807) is 44.4 Å². The van der Waals surface area contributed by atoms with Crippen LogP contribution in [0.25, 0.3) is 0 Å². The highest BCUT2D eigenvalue weighted by Crippen LogP contribution is 2.20. The van der Waals surface area contributed by atoms with Gasteiger partial charge in [0.1, 0.15) is 0 Å². The van der Waals surface area contributed by atoms with Gasteiger partial charge in [-0.05, 0) is 41.8 Å². The summed E-state index contributed by atoms with van der Waals surface area (Å²) in [6, 6.07) is 13.2. The predicted molar refractivity (Wildman–Crippen MR) is 95.8 cm³/mol. The molecule has 6 heteroatoms. The average Bonchev–Trinajstić information content (AvgIpc) is 2.54. The van der Waals surface area contributed by atoms with Gasteiger partial charge >= 0.3 is 0 Å². The summed E-state index contributed by atoms with van der Waals surface area (Å²) >= 11 is 0. The zero-order valence-corrected chi connectivity index (χ0v) is 15.1. The molecule has 0 bridgehead atoms. The van der Waals surface area contributed by atoms with Gasteiger partial charge in [0, 0.05) is 25.3 Å². The van der Waals surface area contributed by atoms with Crippen LogP contribution in [0.5, 0.6) is 0 Å². The van der Waals surface area contributed by atoms with Gasteiger partial charge in [-0.3, -0.25) is 9.52 Å². The molecule has 0 spiro atoms. The Balaban J connectivity index is 2.26. The van der Waals surface area contributed by atoms with E-state index in [1.807, 2.05) is 12.1 Å². The van der Waals surface area contributed by atoms with E-state index < -0.39 is 10.0 Å². The Bertz CT molecular complexity index is 826. The summed E-state index contributed by atoms with van der Waals surface area (Å²) in [6.45, 7) is 4.10. The molecule has 5 nitrogen and oxygen atoms in total. The molecule has 0 atom stereocenters. The van der Waals surface area contributed by atoms with Gasteiger partial charge in [-0.2, -0.15) is 0 Å². The van der Waals surface area contributed by atoms with E-state index in [4.69, 9.17) is 0 Å². The lowest BCUT2D eigenvalue weighted by Gasteiger charge is -2.13. The lowest BCUT2D eigenvalue weighted by atomic mass is 10.0. The van der Waals surface area contributed by atoms with Crippen LogP contribution in [0.4, 0.5) is 5.69 Å². The number of benzene rings is 2. The number of sulfonamides is 1. The maximum atomic E-state index is 12.5. The first kappa shape index (κ1) is 18.0. The summed E-state index contributed by atoms with van der Waals surface area (Å²) < 4.78 is 27.5. The molecule has 2 aromatic rings. The minimum atomic E-state index is -3.69. The molecule has 0 aliphatic heterocycles. The minimum absolute atomic E-state index is 0.183. The number of nitrogens with one attached hydrogen (secondary N) is 1. The van der Waals surface area contributed by atoms with Gasteiger partial charge in [-0.15, -0.1) is 0 Å². The zero-order valence-electron chi connectivity index (χ0n) is 14.3. The van der Waals surface area contributed by atoms with Crippen molar-refractivity contribution in [2.45, 2.75) is 24.7 Å². The van der Waals surface area contributed by atoms with Crippen molar-refractivity contribution in [1.82, 2.24) is 4.90 Å². The van der Waals surface area contributed by atoms with E-state index in [9.17, 15) is 13.2 Å². The molecule has 2 rings (SSSR count). The topological polar surface area (TPSA) is 66.5 Å². The quantitative estimate of drug-likeness (QED) is 0.903. The van der Waals surface area contributed by atoms with E-state index in [0.29, 0.717) is 17.2 Å². The molecule has 1 N–H and O–H groups in total. The summed E-state index contributed by atoms with van der Waals surface area (Å²) in [5, 5.41) is 0. The highest BCUT2D eigenvalue weighted by molar-refractivity contribution is 7.92. The summed E-state index contributed by atoms with van der Waals surface area (Å²) in [7, 11) is -0.397. The second-order valence-electron chi connectivity index (χ2n) is 6.11. The van der Waals surface area contributed by atoms with E-state index in [0.717, 1.165) is 5.56 Å². The summed E-state index contributed by atoms with van der Waals surface area (Å²) in [4.78, 5) is 13.6. The highest BCUT2D eigenvalue weighted by atomic mass is 32.2. The van der Waals surface area contributed by atoms with Gasteiger partial charge in [0.2, 0.25) is 0 Å². The van der Waals surface area contributed by atoms with Gasteiger partial charge in [0.15, 0.2) is 0 Å². The monoisotopic (exact) mass is 346 g/mol. The highest BCUT2D eigenvalue weighted by Gasteiger charge is 2.16. The van der Waals surface area contributed by atoms with E-state index >= 15 is 0 Å². The molecule has 0 saturated carbocycles. The number of hydrogen-bond acceptors (Lipinski definition) is 3. The first-order chi connectivity index (χ1) is 11.2. The van der Waals surface area contributed by atoms with Gasteiger partial charge in [0.25, 0.3) is 15.9 Å². The van der Waals surface area contributed by atoms with Crippen LogP contribution >= 0.6 is 0 Å². The third-order valence-electron chi connectivity index (χ3n) is 3.62. The smallest absolute Gasteiger partial charge is 0.261 e. The second-order valence-corrected chi connectivity index (χ2v) is 7.79. The van der Waals surface area contributed by atoms with Gasteiger partial charge in [-0.25, -0.2) is 8.42 Å². The minimum Gasteiger partial charge on any atom is -0.345 e. The number of amides is 1. The largest absolute Gasteiger partial charge is 0.345 e. The normalized spacial score (nSPS) is 11.4. The summed E-state index contributed by atoms with van der Waals surface area (Å²) in [6.07, 6.45) is 0. The number of anilines is 1. The number of rotatable bonds is 5. The Hall–Kier alpha value is -2.34. The predicted octanol–water partition coefficient (Wildman–Crippen LogP) is 3.31. The van der Waals surface area contributed by atoms with Crippen LogP contribution in [0.3, 0.4) is 0 Å². The Morgan fingerprint density at radius 2 is 1.67 bits per heavy atom. The molecule has 0 unspecified atom stereocenters. The Labute approximate surface area is 143 Å². The molecule has 24 heavy (non-hydrogen) atoms. The van der Waals surface area contributed by atoms with Crippen molar-refractivity contribution in [2.75, 3.05) is 18.8 Å². The van der Waals surface area contributed by atoms with Crippen LogP contribution in [0.2, 0.25) is 0 Å². The van der Waals surface area contributed by atoms with Crippen molar-refractivity contribution in [1.29, 1.82) is 0 Å². The van der Waals surface area contributed by atoms with Crippen molar-refractivity contribution in [3.63, 3.8) is 0 Å². The average molecular weight is 346 g/mol. The van der Waals surface area contributed by atoms with Crippen molar-refractivity contribution in [3.8, 4) is 0 Å². The molecule has 0 heterocycles. The number of carbonyl (C=O) groups excluding carboxylic acids is 1. The Morgan fingerprint density at radius 1 is 1.04 bits per heavy atom. The Kier molecular flexibility index (Phi) is 5.29. The Morgan fingerprint density at radius 3 is 2.21 bits per heavy atom. The third kappa shape index (κ3) is 4.14. The fourth-order valence-electron chi connectivity index (χ4n) is 2.22. The van der Waals surface area contributed by atoms with Crippen LogP contribution in [0.1, 0.15) is 35.7 Å². The van der Waals surface area contributed by atoms with E-state index in [1.165, 1.54) is 11.0 Å². The SMILES string of the molecule is CC(C)c1ccc(S(=O)(=O)Nc2cccc(C(=O)N(C)C)c2)cc1. The number of hydrogen-bond donors (Lipinski definition) is 1. The molecule has 0 aromatic heterocycles. The van der Waals surface area contributed by atoms with Gasteiger partial charge < -0.3 is 4.90 Å². The molecule has 1 amide bonds. The maximum absolute atomic E-state index is 12.5. The maximum Gasteiger partial charge on any atom is 0.261 e. The van der Waals surface area contributed by atoms with Crippen LogP contribution in [-0.4, -0.2) is 33.3 Å². The zero-order chi connectivity index (χ0) is 17.9. The molecule has 128 valence electrons. The fourth-order valence-corrected chi connectivity index (χ4v) is 3.27. The summed E-state index contributed by atoms with van der Waals surface area (Å²) in [5.41, 5.74) is 1.86. The summed E-state index contributed by atoms with van der Waals surface area (Å²) in [5.74, 6) is 0.153. The molecule has 2 aromatic carbocycles. The lowest BCUT2D eigenvalue weighted by molar-refractivity contribution is 0.0827. The van der Waals surface area contributed by atoms with Crippen molar-refractivity contribution in [3.05, 3.63) is 59.7 Å². The van der Waals surface area contributed by atoms with Gasteiger partial charge in [-0.1, -0.05) is 32.0 Å². The first-order valence-electron chi connectivity index (χ1n) is 7.65. The molecular formula is C18H22N2O3S. The first-order valence-corrected chi connectivity index (χ1v) is 9.13. The molecule has 0 aliphatic rings. The van der Waals surface area contributed by atoms with Crippen LogP contribution in [0.15, 0.2) is 53.4 Å². The van der Waals surface area contributed by atoms with E-state index in [-0.39, 0.29) is 10.8 Å². The van der Waals surface area contributed by atoms with Crippen LogP contribution in [-0.2, 0) is 10.0 Å². The third-order valence-corrected chi connectivity index (χ3v) is 5.02. The molecule has 0 fully saturated rings. The van der Waals surface area contributed by atoms with E-state index in [2.05, 4.69) is 18.6 Å². The van der Waals surface area contributed by atoms with Crippen molar-refractivity contribution < 1.29 is 13.2 Å². The van der Waals surface area contributed by atoms with Crippen LogP contribution < -0.4 is 4.72 Å². The van der Waals surface area contributed by atoms with Crippen molar-refractivity contribution in [2.24, 2.45) is 0 Å². The standard InChI is InChI=1S/C18H22N2O3S/c1-13(2)14-8-10-17(11-9-14)24(22,23)19-16-7-5-6-15(12-16)18(21)20(3)4/h5-13,19H,1-4H3. The van der Waals surface area contributed by atoms with Crippen molar-refractivity contribution >= 4 is 21.6 Å². The van der Waals surface area contributed by atoms with Gasteiger partial charge in [0.05, 0.1) is 4.90 Å². The number of carbonyl (C=O) groups is 1. The molecule has 0 aliphatic carbocycles. The molecule has 0 radical (unpaired) electrons. The number of nitrogens with zero attached hydrogens (tertiary/aromatic N) is 1. The molecule has 0 saturated heterocycles. The second kappa shape index (κ2) is 7.05. The molecular weight excluding hydrogens is 324 g/mol. The lowest BCUT2D eigenvalue weighted by Crippen LogP contribution is -2.22. The van der Waals surface area contributed by atoms with Crippen LogP contribution in [0, 0.1) is 0 Å².